The number of halogens is 3. The fourth-order valence-electron chi connectivity index (χ4n) is 2.21. The Kier molecular flexibility index (Phi) is 7.77. The summed E-state index contributed by atoms with van der Waals surface area (Å²) in [6, 6.07) is 0. The highest BCUT2D eigenvalue weighted by atomic mass is 31.0. The molecule has 0 aromatic rings. The molecule has 0 aliphatic heterocycles. The van der Waals surface area contributed by atoms with E-state index in [-0.39, 0.29) is 5.70 Å². The third-order valence-electron chi connectivity index (χ3n) is 3.56. The number of rotatable bonds is 5. The smallest absolute Gasteiger partial charge is 0.402 e. The van der Waals surface area contributed by atoms with Crippen LogP contribution in [0, 0.1) is 0 Å². The Balaban J connectivity index is 3.20. The number of nitrogens with zero attached hydrogens (tertiary/aromatic N) is 1. The maximum Gasteiger partial charge on any atom is 0.416 e. The highest BCUT2D eigenvalue weighted by molar-refractivity contribution is 7.23. The van der Waals surface area contributed by atoms with Gasteiger partial charge in [-0.2, -0.15) is 13.2 Å². The predicted octanol–water partition coefficient (Wildman–Crippen LogP) is 5.41. The summed E-state index contributed by atoms with van der Waals surface area (Å²) >= 11 is 0. The molecule has 0 aromatic carbocycles. The van der Waals surface area contributed by atoms with E-state index in [4.69, 9.17) is 5.73 Å². The molecule has 1 rings (SSSR count). The average Bonchev–Trinajstić information content (AvgIpc) is 2.50. The maximum atomic E-state index is 13.1. The van der Waals surface area contributed by atoms with Gasteiger partial charge in [-0.05, 0) is 56.0 Å². The summed E-state index contributed by atoms with van der Waals surface area (Å²) in [6.45, 7) is 3.43. The predicted molar refractivity (Wildman–Crippen MR) is 94.2 cm³/mol. The molecule has 1 unspecified atom stereocenters. The Hall–Kier alpha value is -1.35. The minimum Gasteiger partial charge on any atom is -0.402 e. The molecule has 0 spiro atoms. The van der Waals surface area contributed by atoms with Gasteiger partial charge in [0.25, 0.3) is 0 Å². The molecule has 1 aliphatic carbocycles. The second-order valence-corrected chi connectivity index (χ2v) is 5.98. The zero-order valence-corrected chi connectivity index (χ0v) is 14.7. The van der Waals surface area contributed by atoms with Crippen LogP contribution in [-0.2, 0) is 0 Å². The van der Waals surface area contributed by atoms with Crippen molar-refractivity contribution in [1.82, 2.24) is 0 Å². The Labute approximate surface area is 138 Å². The fraction of sp³-hybridized carbons (Fsp3) is 0.471. The number of hydrogen-bond acceptors (Lipinski definition) is 2. The Bertz CT molecular complexity index is 567. The first-order chi connectivity index (χ1) is 10.8. The van der Waals surface area contributed by atoms with E-state index in [1.807, 2.05) is 0 Å². The van der Waals surface area contributed by atoms with E-state index in [1.54, 1.807) is 26.1 Å². The molecule has 0 bridgehead atoms. The molecule has 0 amide bonds. The van der Waals surface area contributed by atoms with Gasteiger partial charge in [-0.15, -0.1) is 9.24 Å². The van der Waals surface area contributed by atoms with Crippen molar-refractivity contribution in [2.45, 2.75) is 52.1 Å². The van der Waals surface area contributed by atoms with Gasteiger partial charge in [-0.25, -0.2) is 0 Å². The van der Waals surface area contributed by atoms with Crippen molar-refractivity contribution in [2.75, 3.05) is 0 Å². The number of aliphatic imine (C=N–C) groups is 1. The van der Waals surface area contributed by atoms with Crippen molar-refractivity contribution in [3.05, 3.63) is 46.1 Å². The van der Waals surface area contributed by atoms with Gasteiger partial charge in [0.15, 0.2) is 0 Å². The highest BCUT2D eigenvalue weighted by Crippen LogP contribution is 2.31. The maximum absolute atomic E-state index is 13.1. The molecule has 0 heterocycles. The van der Waals surface area contributed by atoms with Gasteiger partial charge in [0.1, 0.15) is 0 Å². The summed E-state index contributed by atoms with van der Waals surface area (Å²) in [5.74, 6) is 0. The van der Waals surface area contributed by atoms with Gasteiger partial charge in [-0.1, -0.05) is 19.1 Å². The van der Waals surface area contributed by atoms with Crippen LogP contribution in [0.1, 0.15) is 46.0 Å². The molecule has 0 saturated carbocycles. The summed E-state index contributed by atoms with van der Waals surface area (Å²) in [7, 11) is 2.43. The van der Waals surface area contributed by atoms with Crippen LogP contribution in [0.15, 0.2) is 51.1 Å². The number of allylic oxidation sites excluding steroid dienone is 7. The minimum absolute atomic E-state index is 0.278. The Morgan fingerprint density at radius 2 is 1.96 bits per heavy atom. The lowest BCUT2D eigenvalue weighted by Crippen LogP contribution is -2.11. The van der Waals surface area contributed by atoms with E-state index in [0.717, 1.165) is 49.1 Å². The molecule has 0 radical (unpaired) electrons. The molecule has 6 heteroatoms. The number of alkyl halides is 3. The lowest BCUT2D eigenvalue weighted by Gasteiger charge is -2.14. The van der Waals surface area contributed by atoms with Crippen LogP contribution in [0.2, 0.25) is 0 Å². The fourth-order valence-corrected chi connectivity index (χ4v) is 2.37. The second kappa shape index (κ2) is 9.07. The summed E-state index contributed by atoms with van der Waals surface area (Å²) in [5, 5.41) is 0.613. The SMILES string of the molecule is C\C=C(P)/C(=C\C(=C\CC)C(F)(F)F)N=CC1=C(N)CCCC1. The van der Waals surface area contributed by atoms with Crippen molar-refractivity contribution >= 4 is 15.5 Å². The van der Waals surface area contributed by atoms with Crippen LogP contribution >= 0.6 is 9.24 Å². The van der Waals surface area contributed by atoms with Gasteiger partial charge in [-0.3, -0.25) is 4.99 Å². The first-order valence-electron chi connectivity index (χ1n) is 7.72. The normalized spacial score (nSPS) is 19.0. The molecule has 0 saturated heterocycles. The first-order valence-corrected chi connectivity index (χ1v) is 8.30. The van der Waals surface area contributed by atoms with E-state index in [0.29, 0.717) is 11.7 Å². The van der Waals surface area contributed by atoms with Crippen molar-refractivity contribution in [1.29, 1.82) is 0 Å². The van der Waals surface area contributed by atoms with Gasteiger partial charge < -0.3 is 5.73 Å². The van der Waals surface area contributed by atoms with Gasteiger partial charge in [0.2, 0.25) is 0 Å². The standard InChI is InChI=1S/C17H24F3N2P/c1-3-7-13(17(18,19)20)10-15(16(23)4-2)22-11-12-8-5-6-9-14(12)21/h4,7,10-11H,3,5-6,8-9,21,23H2,1-2H3/b13-7-,15-10+,16-4+,22-11?. The summed E-state index contributed by atoms with van der Waals surface area (Å²) in [6.07, 6.45) is 5.21. The van der Waals surface area contributed by atoms with Gasteiger partial charge >= 0.3 is 6.18 Å². The zero-order chi connectivity index (χ0) is 17.5. The third-order valence-corrected chi connectivity index (χ3v) is 4.19. The molecule has 0 fully saturated rings. The van der Waals surface area contributed by atoms with Crippen molar-refractivity contribution in [3.8, 4) is 0 Å². The van der Waals surface area contributed by atoms with Gasteiger partial charge in [0, 0.05) is 11.9 Å². The quantitative estimate of drug-likeness (QED) is 0.404. The molecular weight excluding hydrogens is 320 g/mol. The van der Waals surface area contributed by atoms with Crippen LogP contribution in [0.4, 0.5) is 13.2 Å². The van der Waals surface area contributed by atoms with E-state index < -0.39 is 11.7 Å². The zero-order valence-electron chi connectivity index (χ0n) is 13.6. The van der Waals surface area contributed by atoms with Gasteiger partial charge in [0.05, 0.1) is 11.3 Å². The minimum atomic E-state index is -4.39. The first kappa shape index (κ1) is 19.7. The number of hydrogen-bond donors (Lipinski definition) is 1. The van der Waals surface area contributed by atoms with E-state index in [1.165, 1.54) is 0 Å². The lowest BCUT2D eigenvalue weighted by atomic mass is 9.97. The highest BCUT2D eigenvalue weighted by Gasteiger charge is 2.32. The van der Waals surface area contributed by atoms with Crippen molar-refractivity contribution in [3.63, 3.8) is 0 Å². The van der Waals surface area contributed by atoms with Crippen molar-refractivity contribution < 1.29 is 13.2 Å². The molecule has 1 aliphatic rings. The summed E-state index contributed by atoms with van der Waals surface area (Å²) < 4.78 is 39.2. The monoisotopic (exact) mass is 344 g/mol. The average molecular weight is 344 g/mol. The van der Waals surface area contributed by atoms with Crippen molar-refractivity contribution in [2.24, 2.45) is 10.7 Å². The Morgan fingerprint density at radius 3 is 2.48 bits per heavy atom. The molecule has 0 aromatic heterocycles. The molecule has 1 atom stereocenters. The topological polar surface area (TPSA) is 38.4 Å². The second-order valence-electron chi connectivity index (χ2n) is 5.35. The molecule has 2 N–H and O–H groups in total. The number of nitrogens with two attached hydrogens (primary N) is 1. The summed E-state index contributed by atoms with van der Waals surface area (Å²) in [5.41, 5.74) is 7.25. The van der Waals surface area contributed by atoms with E-state index >= 15 is 0 Å². The van der Waals surface area contributed by atoms with E-state index in [2.05, 4.69) is 14.2 Å². The van der Waals surface area contributed by atoms with E-state index in [9.17, 15) is 13.2 Å². The van der Waals surface area contributed by atoms with Crippen LogP contribution in [-0.4, -0.2) is 12.4 Å². The van der Waals surface area contributed by atoms with Crippen LogP contribution < -0.4 is 5.73 Å². The van der Waals surface area contributed by atoms with Crippen LogP contribution in [0.25, 0.3) is 0 Å². The molecule has 23 heavy (non-hydrogen) atoms. The molecular formula is C17H24F3N2P. The molecule has 2 nitrogen and oxygen atoms in total. The summed E-state index contributed by atoms with van der Waals surface area (Å²) in [4.78, 5) is 4.27. The van der Waals surface area contributed by atoms with Crippen LogP contribution in [0.5, 0.6) is 0 Å². The lowest BCUT2D eigenvalue weighted by molar-refractivity contribution is -0.0884. The third kappa shape index (κ3) is 6.34. The van der Waals surface area contributed by atoms with Crippen LogP contribution in [0.3, 0.4) is 0 Å². The Morgan fingerprint density at radius 1 is 1.30 bits per heavy atom. The largest absolute Gasteiger partial charge is 0.416 e. The molecule has 128 valence electrons.